The molecule has 1 N–H and O–H groups in total. The average Bonchev–Trinajstić information content (AvgIpc) is 2.53. The molecule has 23 heavy (non-hydrogen) atoms. The molecule has 0 aliphatic heterocycles. The van der Waals surface area contributed by atoms with Crippen LogP contribution in [0.3, 0.4) is 0 Å². The summed E-state index contributed by atoms with van der Waals surface area (Å²) >= 11 is 0. The minimum Gasteiger partial charge on any atom is -0.496 e. The summed E-state index contributed by atoms with van der Waals surface area (Å²) in [6.45, 7) is 8.58. The quantitative estimate of drug-likeness (QED) is 0.864. The summed E-state index contributed by atoms with van der Waals surface area (Å²) in [4.78, 5) is 12.2. The van der Waals surface area contributed by atoms with Crippen molar-refractivity contribution in [2.45, 2.75) is 77.0 Å². The van der Waals surface area contributed by atoms with Crippen molar-refractivity contribution in [2.24, 2.45) is 0 Å². The van der Waals surface area contributed by atoms with Crippen molar-refractivity contribution >= 4 is 5.97 Å². The summed E-state index contributed by atoms with van der Waals surface area (Å²) in [6, 6.07) is 4.26. The van der Waals surface area contributed by atoms with Crippen molar-refractivity contribution < 1.29 is 14.6 Å². The van der Waals surface area contributed by atoms with E-state index in [0.717, 1.165) is 42.6 Å². The standard InChI is InChI=1S/C20H30O3/c1-6-14-12-15(19(2,3)4)17(23-5)16(13-14)20(18(21)22)10-8-7-9-11-20/h12-13H,6-11H2,1-5H3,(H,21,22). The van der Waals surface area contributed by atoms with Crippen LogP contribution in [0.15, 0.2) is 12.1 Å². The third-order valence-electron chi connectivity index (χ3n) is 5.20. The van der Waals surface area contributed by atoms with Gasteiger partial charge in [-0.3, -0.25) is 4.79 Å². The fourth-order valence-corrected chi connectivity index (χ4v) is 3.78. The highest BCUT2D eigenvalue weighted by Crippen LogP contribution is 2.47. The Kier molecular flexibility index (Phi) is 5.07. The van der Waals surface area contributed by atoms with Gasteiger partial charge in [0.15, 0.2) is 0 Å². The summed E-state index contributed by atoms with van der Waals surface area (Å²) in [7, 11) is 1.66. The van der Waals surface area contributed by atoms with Crippen LogP contribution in [0.2, 0.25) is 0 Å². The van der Waals surface area contributed by atoms with Gasteiger partial charge in [0.1, 0.15) is 5.75 Å². The number of hydrogen-bond acceptors (Lipinski definition) is 2. The Hall–Kier alpha value is -1.51. The zero-order valence-corrected chi connectivity index (χ0v) is 15.2. The third kappa shape index (κ3) is 3.24. The predicted molar refractivity (Wildman–Crippen MR) is 93.5 cm³/mol. The Morgan fingerprint density at radius 2 is 1.83 bits per heavy atom. The predicted octanol–water partition coefficient (Wildman–Crippen LogP) is 4.84. The van der Waals surface area contributed by atoms with Crippen LogP contribution in [0, 0.1) is 0 Å². The van der Waals surface area contributed by atoms with E-state index >= 15 is 0 Å². The molecule has 0 bridgehead atoms. The van der Waals surface area contributed by atoms with Gasteiger partial charge in [0, 0.05) is 11.1 Å². The molecule has 0 amide bonds. The topological polar surface area (TPSA) is 46.5 Å². The number of carbonyl (C=O) groups is 1. The molecule has 3 nitrogen and oxygen atoms in total. The zero-order valence-electron chi connectivity index (χ0n) is 15.2. The molecule has 0 radical (unpaired) electrons. The minimum atomic E-state index is -0.797. The molecule has 1 aromatic rings. The van der Waals surface area contributed by atoms with Gasteiger partial charge in [0.2, 0.25) is 0 Å². The van der Waals surface area contributed by atoms with Crippen molar-refractivity contribution in [2.75, 3.05) is 7.11 Å². The van der Waals surface area contributed by atoms with Gasteiger partial charge in [-0.25, -0.2) is 0 Å². The molecule has 2 rings (SSSR count). The first-order chi connectivity index (χ1) is 10.8. The molecule has 128 valence electrons. The van der Waals surface area contributed by atoms with Crippen LogP contribution in [-0.2, 0) is 22.0 Å². The van der Waals surface area contributed by atoms with Crippen LogP contribution in [0.5, 0.6) is 5.75 Å². The van der Waals surface area contributed by atoms with Gasteiger partial charge in [-0.2, -0.15) is 0 Å². The Balaban J connectivity index is 2.75. The van der Waals surface area contributed by atoms with Crippen LogP contribution in [0.25, 0.3) is 0 Å². The molecule has 1 aliphatic carbocycles. The lowest BCUT2D eigenvalue weighted by Gasteiger charge is -2.37. The maximum absolute atomic E-state index is 12.2. The smallest absolute Gasteiger partial charge is 0.314 e. The highest BCUT2D eigenvalue weighted by atomic mass is 16.5. The van der Waals surface area contributed by atoms with Gasteiger partial charge in [0.25, 0.3) is 0 Å². The van der Waals surface area contributed by atoms with E-state index in [-0.39, 0.29) is 5.41 Å². The maximum Gasteiger partial charge on any atom is 0.314 e. The average molecular weight is 318 g/mol. The third-order valence-corrected chi connectivity index (χ3v) is 5.20. The number of benzene rings is 1. The summed E-state index contributed by atoms with van der Waals surface area (Å²) < 4.78 is 5.77. The van der Waals surface area contributed by atoms with Crippen LogP contribution in [-0.4, -0.2) is 18.2 Å². The fourth-order valence-electron chi connectivity index (χ4n) is 3.78. The molecule has 0 saturated heterocycles. The van der Waals surface area contributed by atoms with Gasteiger partial charge < -0.3 is 9.84 Å². The van der Waals surface area contributed by atoms with Crippen molar-refractivity contribution in [3.63, 3.8) is 0 Å². The normalized spacial score (nSPS) is 17.8. The molecule has 0 aromatic heterocycles. The molecule has 1 aromatic carbocycles. The van der Waals surface area contributed by atoms with Crippen molar-refractivity contribution in [3.05, 3.63) is 28.8 Å². The molecule has 0 atom stereocenters. The van der Waals surface area contributed by atoms with Crippen LogP contribution in [0.1, 0.15) is 76.5 Å². The van der Waals surface area contributed by atoms with Crippen LogP contribution in [0.4, 0.5) is 0 Å². The number of methoxy groups -OCH3 is 1. The van der Waals surface area contributed by atoms with Crippen molar-refractivity contribution in [1.82, 2.24) is 0 Å². The Morgan fingerprint density at radius 1 is 1.22 bits per heavy atom. The minimum absolute atomic E-state index is 0.0837. The number of carboxylic acid groups (broad SMARTS) is 1. The van der Waals surface area contributed by atoms with E-state index < -0.39 is 11.4 Å². The summed E-state index contributed by atoms with van der Waals surface area (Å²) in [5.41, 5.74) is 2.31. The summed E-state index contributed by atoms with van der Waals surface area (Å²) in [5, 5.41) is 10.1. The number of aryl methyl sites for hydroxylation is 1. The molecule has 0 spiro atoms. The highest BCUT2D eigenvalue weighted by molar-refractivity contribution is 5.83. The Morgan fingerprint density at radius 3 is 2.26 bits per heavy atom. The van der Waals surface area contributed by atoms with E-state index in [1.807, 2.05) is 0 Å². The van der Waals surface area contributed by atoms with E-state index in [9.17, 15) is 9.90 Å². The SMILES string of the molecule is CCc1cc(C(C)(C)C)c(OC)c(C2(C(=O)O)CCCCC2)c1. The fraction of sp³-hybridized carbons (Fsp3) is 0.650. The second-order valence-corrected chi connectivity index (χ2v) is 7.78. The van der Waals surface area contributed by atoms with Crippen molar-refractivity contribution in [3.8, 4) is 5.75 Å². The zero-order chi connectivity index (χ0) is 17.3. The molecule has 1 aliphatic rings. The number of ether oxygens (including phenoxy) is 1. The van der Waals surface area contributed by atoms with Gasteiger partial charge >= 0.3 is 5.97 Å². The van der Waals surface area contributed by atoms with Crippen molar-refractivity contribution in [1.29, 1.82) is 0 Å². The van der Waals surface area contributed by atoms with Gasteiger partial charge in [-0.15, -0.1) is 0 Å². The molecular weight excluding hydrogens is 288 g/mol. The van der Waals surface area contributed by atoms with Gasteiger partial charge in [-0.1, -0.05) is 59.1 Å². The molecule has 1 fully saturated rings. The van der Waals surface area contributed by atoms with E-state index in [4.69, 9.17) is 4.74 Å². The largest absolute Gasteiger partial charge is 0.496 e. The molecule has 3 heteroatoms. The molecule has 0 unspecified atom stereocenters. The van der Waals surface area contributed by atoms with Gasteiger partial charge in [-0.05, 0) is 30.2 Å². The lowest BCUT2D eigenvalue weighted by atomic mass is 9.67. The molecule has 1 saturated carbocycles. The summed E-state index contributed by atoms with van der Waals surface area (Å²) in [6.07, 6.45) is 5.37. The maximum atomic E-state index is 12.2. The number of carboxylic acids is 1. The second-order valence-electron chi connectivity index (χ2n) is 7.78. The molecular formula is C20H30O3. The van der Waals surface area contributed by atoms with E-state index in [1.165, 1.54) is 5.56 Å². The second kappa shape index (κ2) is 6.54. The first-order valence-electron chi connectivity index (χ1n) is 8.71. The van der Waals surface area contributed by atoms with E-state index in [1.54, 1.807) is 7.11 Å². The first kappa shape index (κ1) is 17.8. The lowest BCUT2D eigenvalue weighted by molar-refractivity contribution is -0.145. The number of rotatable bonds is 4. The monoisotopic (exact) mass is 318 g/mol. The number of aliphatic carboxylic acids is 1. The highest BCUT2D eigenvalue weighted by Gasteiger charge is 2.44. The van der Waals surface area contributed by atoms with E-state index in [2.05, 4.69) is 39.8 Å². The molecule has 0 heterocycles. The van der Waals surface area contributed by atoms with Crippen LogP contribution >= 0.6 is 0 Å². The van der Waals surface area contributed by atoms with Gasteiger partial charge in [0.05, 0.1) is 12.5 Å². The lowest BCUT2D eigenvalue weighted by Crippen LogP contribution is -2.38. The first-order valence-corrected chi connectivity index (χ1v) is 8.71. The number of hydrogen-bond donors (Lipinski definition) is 1. The Labute approximate surface area is 140 Å². The Bertz CT molecular complexity index is 575. The van der Waals surface area contributed by atoms with Crippen LogP contribution < -0.4 is 4.74 Å². The summed E-state index contributed by atoms with van der Waals surface area (Å²) in [5.74, 6) is 0.0719. The van der Waals surface area contributed by atoms with E-state index in [0.29, 0.717) is 12.8 Å².